The monoisotopic (exact) mass is 180 g/mol. The number of carbonyl (C=O) groups is 2. The molecule has 70 valence electrons. The molecular weight excluding hydrogens is 168 g/mol. The van der Waals surface area contributed by atoms with Crippen LogP contribution >= 0.6 is 0 Å². The lowest BCUT2D eigenvalue weighted by Crippen LogP contribution is -2.38. The van der Waals surface area contributed by atoms with Gasteiger partial charge in [0.2, 0.25) is 5.91 Å². The molecule has 0 aromatic rings. The van der Waals surface area contributed by atoms with Crippen molar-refractivity contribution >= 4 is 11.7 Å². The molecule has 0 N–H and O–H groups in total. The van der Waals surface area contributed by atoms with Crippen LogP contribution in [0.5, 0.6) is 0 Å². The highest BCUT2D eigenvalue weighted by Crippen LogP contribution is 2.23. The zero-order valence-corrected chi connectivity index (χ0v) is 7.78. The average molecular weight is 180 g/mol. The third-order valence-corrected chi connectivity index (χ3v) is 2.36. The summed E-state index contributed by atoms with van der Waals surface area (Å²) in [5.74, 6) is -0.344. The zero-order chi connectivity index (χ0) is 10.0. The van der Waals surface area contributed by atoms with E-state index in [-0.39, 0.29) is 23.7 Å². The molecule has 0 bridgehead atoms. The first-order valence-corrected chi connectivity index (χ1v) is 4.23. The second kappa shape index (κ2) is 3.56. The minimum Gasteiger partial charge on any atom is -0.332 e. The Bertz CT molecular complexity index is 258. The van der Waals surface area contributed by atoms with Gasteiger partial charge in [-0.05, 0) is 13.3 Å². The molecule has 4 nitrogen and oxygen atoms in total. The highest BCUT2D eigenvalue weighted by molar-refractivity contribution is 5.87. The van der Waals surface area contributed by atoms with Crippen LogP contribution in [0.1, 0.15) is 20.3 Å². The van der Waals surface area contributed by atoms with Gasteiger partial charge in [-0.3, -0.25) is 9.59 Å². The fraction of sp³-hybridized carbons (Fsp3) is 0.667. The molecule has 1 aliphatic rings. The summed E-state index contributed by atoms with van der Waals surface area (Å²) >= 11 is 0. The van der Waals surface area contributed by atoms with Gasteiger partial charge in [0.25, 0.3) is 0 Å². The normalized spacial score (nSPS) is 27.0. The van der Waals surface area contributed by atoms with Gasteiger partial charge in [0.1, 0.15) is 0 Å². The number of amides is 1. The van der Waals surface area contributed by atoms with Crippen molar-refractivity contribution in [1.82, 2.24) is 4.90 Å². The largest absolute Gasteiger partial charge is 0.332 e. The van der Waals surface area contributed by atoms with E-state index in [1.807, 2.05) is 0 Å². The molecule has 1 heterocycles. The molecule has 0 aromatic carbocycles. The van der Waals surface area contributed by atoms with Crippen LogP contribution in [0.15, 0.2) is 0 Å². The van der Waals surface area contributed by atoms with Crippen LogP contribution in [-0.4, -0.2) is 29.2 Å². The number of Topliss-reactive ketones (excluding diaryl/α,β-unsaturated/α-hetero) is 1. The molecular formula is C9H12N2O2. The van der Waals surface area contributed by atoms with Gasteiger partial charge in [0.15, 0.2) is 5.78 Å². The number of ketones is 1. The maximum atomic E-state index is 11.1. The predicted molar refractivity (Wildman–Crippen MR) is 45.6 cm³/mol. The van der Waals surface area contributed by atoms with Crippen molar-refractivity contribution in [1.29, 1.82) is 5.26 Å². The van der Waals surface area contributed by atoms with Gasteiger partial charge in [-0.25, -0.2) is 0 Å². The van der Waals surface area contributed by atoms with Gasteiger partial charge < -0.3 is 4.90 Å². The first-order chi connectivity index (χ1) is 6.06. The van der Waals surface area contributed by atoms with Crippen LogP contribution in [0.25, 0.3) is 0 Å². The molecule has 0 saturated carbocycles. The average Bonchev–Trinajstić information content (AvgIpc) is 2.47. The van der Waals surface area contributed by atoms with E-state index in [0.717, 1.165) is 0 Å². The van der Waals surface area contributed by atoms with Crippen molar-refractivity contribution in [2.75, 3.05) is 6.54 Å². The van der Waals surface area contributed by atoms with Crippen molar-refractivity contribution in [3.63, 3.8) is 0 Å². The number of hydrogen-bond acceptors (Lipinski definition) is 3. The van der Waals surface area contributed by atoms with E-state index in [4.69, 9.17) is 5.26 Å². The van der Waals surface area contributed by atoms with Gasteiger partial charge in [-0.15, -0.1) is 0 Å². The smallest absolute Gasteiger partial charge is 0.220 e. The standard InChI is InChI=1S/C9H12N2O2/c1-6(12)9-3-8(4-10)5-11(9)7(2)13/h8-9H,3,5H2,1-2H3. The Balaban J connectivity index is 2.78. The lowest BCUT2D eigenvalue weighted by Gasteiger charge is -2.19. The van der Waals surface area contributed by atoms with Crippen molar-refractivity contribution in [2.24, 2.45) is 5.92 Å². The van der Waals surface area contributed by atoms with Gasteiger partial charge in [-0.2, -0.15) is 5.26 Å². The topological polar surface area (TPSA) is 61.2 Å². The summed E-state index contributed by atoms with van der Waals surface area (Å²) in [6.07, 6.45) is 0.491. The van der Waals surface area contributed by atoms with Gasteiger partial charge in [-0.1, -0.05) is 0 Å². The highest BCUT2D eigenvalue weighted by atomic mass is 16.2. The number of rotatable bonds is 1. The maximum Gasteiger partial charge on any atom is 0.220 e. The van der Waals surface area contributed by atoms with E-state index in [9.17, 15) is 9.59 Å². The van der Waals surface area contributed by atoms with E-state index in [2.05, 4.69) is 6.07 Å². The summed E-state index contributed by atoms with van der Waals surface area (Å²) < 4.78 is 0. The van der Waals surface area contributed by atoms with E-state index in [1.165, 1.54) is 18.7 Å². The molecule has 0 radical (unpaired) electrons. The van der Waals surface area contributed by atoms with Crippen molar-refractivity contribution < 1.29 is 9.59 Å². The van der Waals surface area contributed by atoms with Crippen LogP contribution in [0, 0.1) is 17.2 Å². The fourth-order valence-electron chi connectivity index (χ4n) is 1.66. The van der Waals surface area contributed by atoms with E-state index >= 15 is 0 Å². The van der Waals surface area contributed by atoms with Crippen LogP contribution in [0.4, 0.5) is 0 Å². The molecule has 2 atom stereocenters. The summed E-state index contributed by atoms with van der Waals surface area (Å²) in [6.45, 7) is 3.28. The lowest BCUT2D eigenvalue weighted by molar-refractivity contribution is -0.135. The summed E-state index contributed by atoms with van der Waals surface area (Å²) in [5.41, 5.74) is 0. The summed E-state index contributed by atoms with van der Waals surface area (Å²) in [5, 5.41) is 8.67. The maximum absolute atomic E-state index is 11.1. The molecule has 0 aromatic heterocycles. The Kier molecular flexibility index (Phi) is 2.66. The van der Waals surface area contributed by atoms with Crippen LogP contribution in [0.2, 0.25) is 0 Å². The highest BCUT2D eigenvalue weighted by Gasteiger charge is 2.36. The summed E-state index contributed by atoms with van der Waals surface area (Å²) in [7, 11) is 0. The first-order valence-electron chi connectivity index (χ1n) is 4.23. The Labute approximate surface area is 77.1 Å². The number of nitrogens with zero attached hydrogens (tertiary/aromatic N) is 2. The lowest BCUT2D eigenvalue weighted by atomic mass is 10.1. The van der Waals surface area contributed by atoms with Crippen LogP contribution in [-0.2, 0) is 9.59 Å². The third kappa shape index (κ3) is 1.86. The molecule has 0 aliphatic carbocycles. The number of nitriles is 1. The molecule has 1 rings (SSSR count). The molecule has 0 spiro atoms. The first kappa shape index (κ1) is 9.72. The molecule has 1 aliphatic heterocycles. The van der Waals surface area contributed by atoms with Crippen molar-refractivity contribution in [3.05, 3.63) is 0 Å². The summed E-state index contributed by atoms with van der Waals surface area (Å²) in [6, 6.07) is 1.71. The Morgan fingerprint density at radius 3 is 2.38 bits per heavy atom. The van der Waals surface area contributed by atoms with E-state index in [0.29, 0.717) is 13.0 Å². The van der Waals surface area contributed by atoms with E-state index < -0.39 is 0 Å². The molecule has 1 fully saturated rings. The second-order valence-corrected chi connectivity index (χ2v) is 3.36. The predicted octanol–water partition coefficient (Wildman–Crippen LogP) is 0.336. The molecule has 1 saturated heterocycles. The minimum absolute atomic E-state index is 0.0343. The molecule has 4 heteroatoms. The quantitative estimate of drug-likeness (QED) is 0.584. The van der Waals surface area contributed by atoms with E-state index in [1.54, 1.807) is 0 Å². The third-order valence-electron chi connectivity index (χ3n) is 2.36. The van der Waals surface area contributed by atoms with Crippen molar-refractivity contribution in [2.45, 2.75) is 26.3 Å². The summed E-state index contributed by atoms with van der Waals surface area (Å²) in [4.78, 5) is 23.7. The van der Waals surface area contributed by atoms with Crippen molar-refractivity contribution in [3.8, 4) is 6.07 Å². The van der Waals surface area contributed by atoms with Gasteiger partial charge in [0.05, 0.1) is 18.0 Å². The second-order valence-electron chi connectivity index (χ2n) is 3.36. The van der Waals surface area contributed by atoms with Crippen LogP contribution in [0.3, 0.4) is 0 Å². The number of hydrogen-bond donors (Lipinski definition) is 0. The molecule has 1 amide bonds. The minimum atomic E-state index is -0.373. The molecule has 2 unspecified atom stereocenters. The van der Waals surface area contributed by atoms with Gasteiger partial charge >= 0.3 is 0 Å². The zero-order valence-electron chi connectivity index (χ0n) is 7.78. The fourth-order valence-corrected chi connectivity index (χ4v) is 1.66. The van der Waals surface area contributed by atoms with Crippen LogP contribution < -0.4 is 0 Å². The Hall–Kier alpha value is -1.37. The Morgan fingerprint density at radius 2 is 2.08 bits per heavy atom. The van der Waals surface area contributed by atoms with Gasteiger partial charge in [0, 0.05) is 13.5 Å². The number of likely N-dealkylation sites (tertiary alicyclic amines) is 1. The SMILES string of the molecule is CC(=O)C1CC(C#N)CN1C(C)=O. The Morgan fingerprint density at radius 1 is 1.46 bits per heavy atom. The molecule has 13 heavy (non-hydrogen) atoms. The number of carbonyl (C=O) groups excluding carboxylic acids is 2.